The van der Waals surface area contributed by atoms with Crippen molar-refractivity contribution in [3.8, 4) is 0 Å². The molecule has 2 heteroatoms. The van der Waals surface area contributed by atoms with Crippen LogP contribution in [0, 0.1) is 0 Å². The normalized spacial score (nSPS) is 10.2. The third kappa shape index (κ3) is 2.13. The zero-order valence-electron chi connectivity index (χ0n) is 9.86. The molecule has 3 aromatic heterocycles. The first kappa shape index (κ1) is 10.7. The van der Waals surface area contributed by atoms with E-state index in [4.69, 9.17) is 4.42 Å². The van der Waals surface area contributed by atoms with Gasteiger partial charge >= 0.3 is 0 Å². The summed E-state index contributed by atoms with van der Waals surface area (Å²) >= 11 is 0. The van der Waals surface area contributed by atoms with E-state index >= 15 is 0 Å². The van der Waals surface area contributed by atoms with Gasteiger partial charge in [0.1, 0.15) is 0 Å². The molecule has 0 saturated carbocycles. The van der Waals surface area contributed by atoms with Gasteiger partial charge in [0.15, 0.2) is 0 Å². The van der Waals surface area contributed by atoms with Crippen LogP contribution in [0.1, 0.15) is 0 Å². The molecule has 88 valence electrons. The van der Waals surface area contributed by atoms with Crippen LogP contribution in [0.25, 0.3) is 16.3 Å². The highest BCUT2D eigenvalue weighted by atomic mass is 16.3. The van der Waals surface area contributed by atoms with E-state index in [2.05, 4.69) is 16.5 Å². The van der Waals surface area contributed by atoms with Gasteiger partial charge in [-0.25, -0.2) is 0 Å². The number of hydrogen-bond acceptors (Lipinski definition) is 1. The van der Waals surface area contributed by atoms with Crippen LogP contribution in [-0.2, 0) is 0 Å². The summed E-state index contributed by atoms with van der Waals surface area (Å²) in [7, 11) is 0. The van der Waals surface area contributed by atoms with Crippen LogP contribution < -0.4 is 0 Å². The predicted octanol–water partition coefficient (Wildman–Crippen LogP) is 4.37. The maximum absolute atomic E-state index is 4.96. The maximum atomic E-state index is 4.96. The average Bonchev–Trinajstić information content (AvgIpc) is 3.08. The Morgan fingerprint density at radius 3 is 2.00 bits per heavy atom. The van der Waals surface area contributed by atoms with Gasteiger partial charge in [0.05, 0.1) is 12.5 Å². The van der Waals surface area contributed by atoms with Crippen molar-refractivity contribution in [3.63, 3.8) is 0 Å². The Kier molecular flexibility index (Phi) is 2.84. The van der Waals surface area contributed by atoms with Crippen molar-refractivity contribution in [2.24, 2.45) is 0 Å². The smallest absolute Gasteiger partial charge is 0.0981 e. The average molecular weight is 235 g/mol. The quantitative estimate of drug-likeness (QED) is 0.442. The molecule has 0 N–H and O–H groups in total. The third-order valence-electron chi connectivity index (χ3n) is 2.82. The molecule has 2 nitrogen and oxygen atoms in total. The molecule has 0 aliphatic rings. The molecule has 4 aromatic rings. The Bertz CT molecular complexity index is 625. The molecule has 0 aliphatic carbocycles. The molecule has 0 spiro atoms. The fourth-order valence-electron chi connectivity index (χ4n) is 1.89. The van der Waals surface area contributed by atoms with Gasteiger partial charge in [0.2, 0.25) is 0 Å². The molecule has 0 unspecified atom stereocenters. The second-order valence-corrected chi connectivity index (χ2v) is 4.04. The van der Waals surface area contributed by atoms with Gasteiger partial charge in [-0.05, 0) is 24.3 Å². The minimum absolute atomic E-state index is 1.16. The fraction of sp³-hybridized carbons (Fsp3) is 0. The Morgan fingerprint density at radius 1 is 0.667 bits per heavy atom. The molecule has 4 rings (SSSR count). The highest BCUT2D eigenvalue weighted by Gasteiger charge is 1.89. The summed E-state index contributed by atoms with van der Waals surface area (Å²) in [6.45, 7) is 0. The van der Waals surface area contributed by atoms with Crippen LogP contribution in [0.4, 0.5) is 0 Å². The number of aromatic nitrogens is 1. The van der Waals surface area contributed by atoms with E-state index in [0.717, 1.165) is 10.8 Å². The van der Waals surface area contributed by atoms with Crippen LogP contribution in [0.2, 0.25) is 0 Å². The number of fused-ring (bicyclic) bond motifs is 2. The van der Waals surface area contributed by atoms with Crippen LogP contribution in [0.5, 0.6) is 0 Å². The molecule has 18 heavy (non-hydrogen) atoms. The second kappa shape index (κ2) is 4.80. The van der Waals surface area contributed by atoms with Crippen LogP contribution in [0.15, 0.2) is 83.9 Å². The number of rotatable bonds is 0. The molecule has 0 saturated heterocycles. The fourth-order valence-corrected chi connectivity index (χ4v) is 1.89. The lowest BCUT2D eigenvalue weighted by molar-refractivity contribution is 0.572. The van der Waals surface area contributed by atoms with Gasteiger partial charge in [0.25, 0.3) is 0 Å². The molecule has 3 heterocycles. The van der Waals surface area contributed by atoms with Crippen molar-refractivity contribution in [2.75, 3.05) is 0 Å². The first-order valence-corrected chi connectivity index (χ1v) is 5.86. The van der Waals surface area contributed by atoms with Gasteiger partial charge in [0, 0.05) is 28.7 Å². The van der Waals surface area contributed by atoms with E-state index in [0.29, 0.717) is 0 Å². The van der Waals surface area contributed by atoms with Gasteiger partial charge in [-0.3, -0.25) is 0 Å². The van der Waals surface area contributed by atoms with Crippen LogP contribution in [-0.4, -0.2) is 4.40 Å². The Balaban J connectivity index is 0.000000111. The molecule has 0 fully saturated rings. The standard InChI is InChI=1S/C8H7N.C8H6O/c1-2-6-9-7-3-5-8(9)4-1;1-2-4-8-6-9-5-7(8)3-1/h1-7H;1-6H. The van der Waals surface area contributed by atoms with Crippen LogP contribution >= 0.6 is 0 Å². The van der Waals surface area contributed by atoms with Crippen molar-refractivity contribution in [3.05, 3.63) is 79.5 Å². The van der Waals surface area contributed by atoms with Gasteiger partial charge in [-0.1, -0.05) is 30.3 Å². The van der Waals surface area contributed by atoms with Crippen molar-refractivity contribution in [1.82, 2.24) is 4.40 Å². The largest absolute Gasteiger partial charge is 0.471 e. The number of nitrogens with zero attached hydrogens (tertiary/aromatic N) is 1. The summed E-state index contributed by atoms with van der Waals surface area (Å²) in [4.78, 5) is 0. The molecule has 0 aliphatic heterocycles. The number of furan rings is 1. The van der Waals surface area contributed by atoms with Crippen molar-refractivity contribution in [1.29, 1.82) is 0 Å². The SMILES string of the molecule is c1ccc2cocc2c1.c1ccn2cccc2c1. The van der Waals surface area contributed by atoms with E-state index in [1.54, 1.807) is 12.5 Å². The van der Waals surface area contributed by atoms with Crippen molar-refractivity contribution in [2.45, 2.75) is 0 Å². The molecular formula is C16H13NO. The van der Waals surface area contributed by atoms with E-state index < -0.39 is 0 Å². The second-order valence-electron chi connectivity index (χ2n) is 4.04. The van der Waals surface area contributed by atoms with E-state index in [1.165, 1.54) is 5.52 Å². The zero-order valence-corrected chi connectivity index (χ0v) is 9.86. The van der Waals surface area contributed by atoms with E-state index in [9.17, 15) is 0 Å². The summed E-state index contributed by atoms with van der Waals surface area (Å²) < 4.78 is 7.05. The Labute approximate surface area is 105 Å². The summed E-state index contributed by atoms with van der Waals surface area (Å²) in [5.41, 5.74) is 1.25. The lowest BCUT2D eigenvalue weighted by Crippen LogP contribution is -1.75. The summed E-state index contributed by atoms with van der Waals surface area (Å²) in [6, 6.07) is 18.3. The third-order valence-corrected chi connectivity index (χ3v) is 2.82. The van der Waals surface area contributed by atoms with Gasteiger partial charge in [-0.15, -0.1) is 0 Å². The van der Waals surface area contributed by atoms with Crippen molar-refractivity contribution < 1.29 is 4.42 Å². The molecule has 0 bridgehead atoms. The van der Waals surface area contributed by atoms with Gasteiger partial charge < -0.3 is 8.82 Å². The predicted molar refractivity (Wildman–Crippen MR) is 73.6 cm³/mol. The number of hydrogen-bond donors (Lipinski definition) is 0. The first-order chi connectivity index (χ1) is 8.93. The topological polar surface area (TPSA) is 17.6 Å². The molecule has 1 aromatic carbocycles. The molecule has 0 atom stereocenters. The zero-order chi connectivity index (χ0) is 12.2. The summed E-state index contributed by atoms with van der Waals surface area (Å²) in [5.74, 6) is 0. The van der Waals surface area contributed by atoms with Crippen molar-refractivity contribution >= 4 is 16.3 Å². The minimum Gasteiger partial charge on any atom is -0.471 e. The summed E-state index contributed by atoms with van der Waals surface area (Å²) in [6.07, 6.45) is 7.56. The maximum Gasteiger partial charge on any atom is 0.0981 e. The van der Waals surface area contributed by atoms with E-state index in [1.807, 2.05) is 54.9 Å². The molecular weight excluding hydrogens is 222 g/mol. The lowest BCUT2D eigenvalue weighted by atomic mass is 10.2. The van der Waals surface area contributed by atoms with E-state index in [-0.39, 0.29) is 0 Å². The Hall–Kier alpha value is -2.48. The molecule has 0 radical (unpaired) electrons. The summed E-state index contributed by atoms with van der Waals surface area (Å²) in [5, 5.41) is 2.33. The first-order valence-electron chi connectivity index (χ1n) is 5.86. The van der Waals surface area contributed by atoms with Gasteiger partial charge in [-0.2, -0.15) is 0 Å². The number of pyridine rings is 1. The Morgan fingerprint density at radius 2 is 1.28 bits per heavy atom. The highest BCUT2D eigenvalue weighted by molar-refractivity contribution is 5.80. The van der Waals surface area contributed by atoms with Crippen LogP contribution in [0.3, 0.4) is 0 Å². The minimum atomic E-state index is 1.16. The monoisotopic (exact) mass is 235 g/mol. The lowest BCUT2D eigenvalue weighted by Gasteiger charge is -1.88. The highest BCUT2D eigenvalue weighted by Crippen LogP contribution is 2.12. The molecule has 0 amide bonds. The number of benzene rings is 1.